The van der Waals surface area contributed by atoms with Crippen molar-refractivity contribution in [2.75, 3.05) is 26.9 Å². The van der Waals surface area contributed by atoms with E-state index in [9.17, 15) is 9.59 Å². The molecule has 86 valence electrons. The van der Waals surface area contributed by atoms with Crippen molar-refractivity contribution in [1.29, 1.82) is 0 Å². The van der Waals surface area contributed by atoms with Gasteiger partial charge in [-0.1, -0.05) is 0 Å². The first-order valence-corrected chi connectivity index (χ1v) is 4.82. The lowest BCUT2D eigenvalue weighted by Gasteiger charge is -2.32. The van der Waals surface area contributed by atoms with Crippen LogP contribution >= 0.6 is 0 Å². The van der Waals surface area contributed by atoms with Crippen molar-refractivity contribution < 1.29 is 24.2 Å². The fourth-order valence-electron chi connectivity index (χ4n) is 1.51. The van der Waals surface area contributed by atoms with E-state index in [-0.39, 0.29) is 6.61 Å². The van der Waals surface area contributed by atoms with E-state index in [4.69, 9.17) is 14.6 Å². The number of amides is 1. The lowest BCUT2D eigenvalue weighted by atomic mass is 10.1. The van der Waals surface area contributed by atoms with Gasteiger partial charge in [-0.05, 0) is 6.42 Å². The number of methoxy groups -OCH3 is 1. The monoisotopic (exact) mass is 217 g/mol. The molecule has 1 aliphatic rings. The molecule has 6 heteroatoms. The van der Waals surface area contributed by atoms with Crippen molar-refractivity contribution in [2.24, 2.45) is 0 Å². The van der Waals surface area contributed by atoms with E-state index in [1.807, 2.05) is 0 Å². The van der Waals surface area contributed by atoms with Crippen molar-refractivity contribution in [3.63, 3.8) is 0 Å². The minimum Gasteiger partial charge on any atom is -0.480 e. The average Bonchev–Trinajstić information content (AvgIpc) is 2.20. The molecule has 1 amide bonds. The summed E-state index contributed by atoms with van der Waals surface area (Å²) in [4.78, 5) is 23.4. The number of rotatable bonds is 5. The van der Waals surface area contributed by atoms with Crippen molar-refractivity contribution in [3.8, 4) is 0 Å². The van der Waals surface area contributed by atoms with Gasteiger partial charge < -0.3 is 14.6 Å². The number of cyclic esters (lactones) is 1. The summed E-state index contributed by atoms with van der Waals surface area (Å²) < 4.78 is 9.62. The molecule has 0 aromatic rings. The normalized spacial score (nSPS) is 21.3. The largest absolute Gasteiger partial charge is 0.480 e. The smallest absolute Gasteiger partial charge is 0.410 e. The van der Waals surface area contributed by atoms with E-state index in [1.165, 1.54) is 4.90 Å². The molecule has 1 saturated heterocycles. The maximum absolute atomic E-state index is 11.3. The van der Waals surface area contributed by atoms with Gasteiger partial charge in [0.25, 0.3) is 0 Å². The molecule has 0 radical (unpaired) electrons. The molecule has 0 bridgehead atoms. The quantitative estimate of drug-likeness (QED) is 0.671. The molecule has 1 N–H and O–H groups in total. The minimum atomic E-state index is -0.982. The first kappa shape index (κ1) is 11.8. The van der Waals surface area contributed by atoms with E-state index >= 15 is 0 Å². The Labute approximate surface area is 87.8 Å². The number of hydrogen-bond acceptors (Lipinski definition) is 4. The maximum Gasteiger partial charge on any atom is 0.410 e. The fourth-order valence-corrected chi connectivity index (χ4v) is 1.51. The van der Waals surface area contributed by atoms with Crippen LogP contribution in [0.4, 0.5) is 4.79 Å². The molecule has 1 rings (SSSR count). The summed E-state index contributed by atoms with van der Waals surface area (Å²) in [7, 11) is 1.56. The Morgan fingerprint density at radius 3 is 3.07 bits per heavy atom. The topological polar surface area (TPSA) is 76.1 Å². The number of carboxylic acids is 1. The second kappa shape index (κ2) is 5.55. The van der Waals surface area contributed by atoms with Crippen LogP contribution in [0.25, 0.3) is 0 Å². The summed E-state index contributed by atoms with van der Waals surface area (Å²) >= 11 is 0. The Balaban J connectivity index is 2.52. The van der Waals surface area contributed by atoms with Crippen LogP contribution in [0.1, 0.15) is 12.8 Å². The van der Waals surface area contributed by atoms with Crippen LogP contribution in [-0.2, 0) is 14.3 Å². The molecule has 0 spiro atoms. The molecule has 1 aliphatic heterocycles. The summed E-state index contributed by atoms with van der Waals surface area (Å²) in [5.41, 5.74) is 0. The molecular weight excluding hydrogens is 202 g/mol. The molecular formula is C9H15NO5. The van der Waals surface area contributed by atoms with Gasteiger partial charge in [-0.25, -0.2) is 9.59 Å². The van der Waals surface area contributed by atoms with Crippen LogP contribution in [0.2, 0.25) is 0 Å². The Kier molecular flexibility index (Phi) is 4.36. The van der Waals surface area contributed by atoms with E-state index in [1.54, 1.807) is 7.11 Å². The SMILES string of the molecule is COCCCN1C(=O)OCCC1C(=O)O. The van der Waals surface area contributed by atoms with E-state index in [0.717, 1.165) is 0 Å². The van der Waals surface area contributed by atoms with Gasteiger partial charge in [0.1, 0.15) is 6.04 Å². The molecule has 0 aromatic heterocycles. The average molecular weight is 217 g/mol. The van der Waals surface area contributed by atoms with Crippen LogP contribution in [0.5, 0.6) is 0 Å². The third-order valence-electron chi connectivity index (χ3n) is 2.26. The highest BCUT2D eigenvalue weighted by Crippen LogP contribution is 2.14. The predicted octanol–water partition coefficient (Wildman–Crippen LogP) is 0.318. The lowest BCUT2D eigenvalue weighted by molar-refractivity contribution is -0.145. The van der Waals surface area contributed by atoms with Crippen molar-refractivity contribution in [1.82, 2.24) is 4.90 Å². The molecule has 1 atom stereocenters. The highest BCUT2D eigenvalue weighted by Gasteiger charge is 2.33. The van der Waals surface area contributed by atoms with Gasteiger partial charge in [-0.3, -0.25) is 4.90 Å². The van der Waals surface area contributed by atoms with E-state index in [2.05, 4.69) is 0 Å². The van der Waals surface area contributed by atoms with Crippen molar-refractivity contribution in [3.05, 3.63) is 0 Å². The van der Waals surface area contributed by atoms with Crippen LogP contribution in [0.15, 0.2) is 0 Å². The summed E-state index contributed by atoms with van der Waals surface area (Å²) in [5.74, 6) is -0.982. The summed E-state index contributed by atoms with van der Waals surface area (Å²) in [6, 6.07) is -0.761. The van der Waals surface area contributed by atoms with Crippen LogP contribution in [0, 0.1) is 0 Å². The van der Waals surface area contributed by atoms with E-state index in [0.29, 0.717) is 26.0 Å². The van der Waals surface area contributed by atoms with Gasteiger partial charge in [0.05, 0.1) is 6.61 Å². The Morgan fingerprint density at radius 2 is 2.47 bits per heavy atom. The van der Waals surface area contributed by atoms with Gasteiger partial charge >= 0.3 is 12.1 Å². The number of nitrogens with zero attached hydrogens (tertiary/aromatic N) is 1. The number of ether oxygens (including phenoxy) is 2. The Hall–Kier alpha value is -1.30. The molecule has 0 aliphatic carbocycles. The maximum atomic E-state index is 11.3. The van der Waals surface area contributed by atoms with Gasteiger partial charge in [0, 0.05) is 26.7 Å². The summed E-state index contributed by atoms with van der Waals surface area (Å²) in [5, 5.41) is 8.90. The zero-order chi connectivity index (χ0) is 11.3. The third-order valence-corrected chi connectivity index (χ3v) is 2.26. The number of aliphatic carboxylic acids is 1. The fraction of sp³-hybridized carbons (Fsp3) is 0.778. The van der Waals surface area contributed by atoms with Crippen LogP contribution in [0.3, 0.4) is 0 Å². The van der Waals surface area contributed by atoms with Crippen molar-refractivity contribution in [2.45, 2.75) is 18.9 Å². The second-order valence-corrected chi connectivity index (χ2v) is 3.30. The number of carbonyl (C=O) groups is 2. The Morgan fingerprint density at radius 1 is 1.73 bits per heavy atom. The summed E-state index contributed by atoms with van der Waals surface area (Å²) in [6.45, 7) is 1.02. The second-order valence-electron chi connectivity index (χ2n) is 3.30. The first-order chi connectivity index (χ1) is 7.16. The lowest BCUT2D eigenvalue weighted by Crippen LogP contribution is -2.50. The van der Waals surface area contributed by atoms with Crippen molar-refractivity contribution >= 4 is 12.1 Å². The van der Waals surface area contributed by atoms with Gasteiger partial charge in [0.15, 0.2) is 0 Å². The van der Waals surface area contributed by atoms with Gasteiger partial charge in [-0.15, -0.1) is 0 Å². The molecule has 1 heterocycles. The zero-order valence-corrected chi connectivity index (χ0v) is 8.64. The number of carboxylic acid groups (broad SMARTS) is 1. The van der Waals surface area contributed by atoms with Gasteiger partial charge in [0.2, 0.25) is 0 Å². The molecule has 6 nitrogen and oxygen atoms in total. The zero-order valence-electron chi connectivity index (χ0n) is 8.64. The van der Waals surface area contributed by atoms with E-state index < -0.39 is 18.1 Å². The molecule has 1 fully saturated rings. The molecule has 0 saturated carbocycles. The summed E-state index contributed by atoms with van der Waals surface area (Å²) in [6.07, 6.45) is 0.397. The number of carbonyl (C=O) groups excluding carboxylic acids is 1. The highest BCUT2D eigenvalue weighted by molar-refractivity contribution is 5.80. The third kappa shape index (κ3) is 3.09. The predicted molar refractivity (Wildman–Crippen MR) is 50.6 cm³/mol. The van der Waals surface area contributed by atoms with Crippen LogP contribution in [-0.4, -0.2) is 55.0 Å². The Bertz CT molecular complexity index is 243. The molecule has 1 unspecified atom stereocenters. The van der Waals surface area contributed by atoms with Gasteiger partial charge in [-0.2, -0.15) is 0 Å². The number of hydrogen-bond donors (Lipinski definition) is 1. The minimum absolute atomic E-state index is 0.177. The standard InChI is InChI=1S/C9H15NO5/c1-14-5-2-4-10-7(8(11)12)3-6-15-9(10)13/h7H,2-6H2,1H3,(H,11,12). The van der Waals surface area contributed by atoms with Crippen LogP contribution < -0.4 is 0 Å². The first-order valence-electron chi connectivity index (χ1n) is 4.82. The molecule has 15 heavy (non-hydrogen) atoms. The molecule has 0 aromatic carbocycles. The highest BCUT2D eigenvalue weighted by atomic mass is 16.6.